The summed E-state index contributed by atoms with van der Waals surface area (Å²) < 4.78 is 1.75. The molecule has 144 valence electrons. The zero-order chi connectivity index (χ0) is 20.4. The summed E-state index contributed by atoms with van der Waals surface area (Å²) in [6.45, 7) is 0.185. The van der Waals surface area contributed by atoms with E-state index in [9.17, 15) is 19.5 Å². The average Bonchev–Trinajstić information content (AvgIpc) is 3.29. The Morgan fingerprint density at radius 2 is 1.79 bits per heavy atom. The van der Waals surface area contributed by atoms with Crippen molar-refractivity contribution in [1.29, 1.82) is 0 Å². The Labute approximate surface area is 166 Å². The Bertz CT molecular complexity index is 1130. The summed E-state index contributed by atoms with van der Waals surface area (Å²) in [5.41, 5.74) is 2.46. The van der Waals surface area contributed by atoms with Gasteiger partial charge in [0.25, 0.3) is 5.91 Å². The molecule has 0 spiro atoms. The van der Waals surface area contributed by atoms with Gasteiger partial charge in [0.15, 0.2) is 0 Å². The fourth-order valence-corrected chi connectivity index (χ4v) is 3.16. The maximum absolute atomic E-state index is 12.7. The predicted molar refractivity (Wildman–Crippen MR) is 106 cm³/mol. The van der Waals surface area contributed by atoms with Gasteiger partial charge in [-0.25, -0.2) is 9.59 Å². The lowest BCUT2D eigenvalue weighted by atomic mass is 10.2. The van der Waals surface area contributed by atoms with Crippen molar-refractivity contribution in [2.75, 3.05) is 0 Å². The molecule has 2 N–H and O–H groups in total. The van der Waals surface area contributed by atoms with E-state index in [1.165, 1.54) is 6.07 Å². The van der Waals surface area contributed by atoms with Crippen LogP contribution in [0.2, 0.25) is 0 Å². The van der Waals surface area contributed by atoms with E-state index in [0.29, 0.717) is 11.4 Å². The lowest BCUT2D eigenvalue weighted by Gasteiger charge is -2.11. The van der Waals surface area contributed by atoms with Gasteiger partial charge in [0, 0.05) is 17.6 Å². The molecule has 0 aliphatic carbocycles. The van der Waals surface area contributed by atoms with Gasteiger partial charge in [0.05, 0.1) is 12.1 Å². The number of carbonyl (C=O) groups excluding carboxylic acids is 2. The first-order chi connectivity index (χ1) is 14.0. The molecule has 29 heavy (non-hydrogen) atoms. The normalized spacial score (nSPS) is 15.0. The second-order valence-corrected chi connectivity index (χ2v) is 6.52. The number of aromatic carboxylic acids is 1. The van der Waals surface area contributed by atoms with Crippen LogP contribution in [0.15, 0.2) is 78.6 Å². The molecule has 7 heteroatoms. The average molecular weight is 387 g/mol. The molecule has 4 rings (SSSR count). The minimum atomic E-state index is -1.02. The van der Waals surface area contributed by atoms with E-state index in [4.69, 9.17) is 0 Å². The van der Waals surface area contributed by atoms with Crippen molar-refractivity contribution in [3.8, 4) is 5.69 Å². The van der Waals surface area contributed by atoms with Gasteiger partial charge in [0.1, 0.15) is 5.70 Å². The summed E-state index contributed by atoms with van der Waals surface area (Å²) >= 11 is 0. The summed E-state index contributed by atoms with van der Waals surface area (Å²) in [5, 5.41) is 11.8. The molecule has 3 aromatic rings. The third kappa shape index (κ3) is 3.66. The molecule has 1 aromatic heterocycles. The number of urea groups is 1. The molecule has 1 aliphatic heterocycles. The molecule has 0 unspecified atom stereocenters. The fraction of sp³-hybridized carbons (Fsp3) is 0.0455. The highest BCUT2D eigenvalue weighted by Crippen LogP contribution is 2.20. The van der Waals surface area contributed by atoms with Crippen molar-refractivity contribution in [2.24, 2.45) is 0 Å². The molecular weight excluding hydrogens is 370 g/mol. The van der Waals surface area contributed by atoms with E-state index in [0.717, 1.165) is 10.5 Å². The summed E-state index contributed by atoms with van der Waals surface area (Å²) in [5.74, 6) is -1.43. The van der Waals surface area contributed by atoms with E-state index in [2.05, 4.69) is 5.32 Å². The van der Waals surface area contributed by atoms with Crippen LogP contribution in [-0.2, 0) is 11.3 Å². The molecule has 0 saturated carbocycles. The Morgan fingerprint density at radius 3 is 2.55 bits per heavy atom. The van der Waals surface area contributed by atoms with Crippen LogP contribution in [-0.4, -0.2) is 32.5 Å². The van der Waals surface area contributed by atoms with Crippen molar-refractivity contribution in [1.82, 2.24) is 14.8 Å². The van der Waals surface area contributed by atoms with Crippen LogP contribution in [0, 0.1) is 0 Å². The van der Waals surface area contributed by atoms with Gasteiger partial charge in [-0.2, -0.15) is 0 Å². The van der Waals surface area contributed by atoms with Crippen molar-refractivity contribution >= 4 is 24.0 Å². The van der Waals surface area contributed by atoms with Gasteiger partial charge in [-0.15, -0.1) is 0 Å². The molecule has 3 amide bonds. The van der Waals surface area contributed by atoms with Crippen molar-refractivity contribution in [2.45, 2.75) is 6.54 Å². The highest BCUT2D eigenvalue weighted by Gasteiger charge is 2.33. The monoisotopic (exact) mass is 387 g/mol. The summed E-state index contributed by atoms with van der Waals surface area (Å²) in [7, 11) is 0. The summed E-state index contributed by atoms with van der Waals surface area (Å²) in [4.78, 5) is 37.4. The first-order valence-electron chi connectivity index (χ1n) is 8.92. The minimum Gasteiger partial charge on any atom is -0.478 e. The maximum Gasteiger partial charge on any atom is 0.335 e. The van der Waals surface area contributed by atoms with Crippen molar-refractivity contribution in [3.63, 3.8) is 0 Å². The van der Waals surface area contributed by atoms with Gasteiger partial charge >= 0.3 is 12.0 Å². The van der Waals surface area contributed by atoms with Crippen LogP contribution in [0.5, 0.6) is 0 Å². The number of imide groups is 1. The van der Waals surface area contributed by atoms with Crippen LogP contribution in [0.4, 0.5) is 4.79 Å². The topological polar surface area (TPSA) is 91.6 Å². The van der Waals surface area contributed by atoms with Crippen molar-refractivity contribution < 1.29 is 19.5 Å². The highest BCUT2D eigenvalue weighted by atomic mass is 16.4. The van der Waals surface area contributed by atoms with Gasteiger partial charge < -0.3 is 15.0 Å². The molecule has 2 aromatic carbocycles. The highest BCUT2D eigenvalue weighted by molar-refractivity contribution is 6.13. The van der Waals surface area contributed by atoms with E-state index >= 15 is 0 Å². The zero-order valence-electron chi connectivity index (χ0n) is 15.3. The zero-order valence-corrected chi connectivity index (χ0v) is 15.3. The lowest BCUT2D eigenvalue weighted by molar-refractivity contribution is -0.123. The van der Waals surface area contributed by atoms with E-state index in [-0.39, 0.29) is 17.8 Å². The SMILES string of the molecule is O=C(O)c1cccc(-n2cccc2/C=C2/NC(=O)N(Cc3ccccc3)C2=O)c1. The van der Waals surface area contributed by atoms with E-state index in [1.807, 2.05) is 30.3 Å². The number of carbonyl (C=O) groups is 3. The number of nitrogens with zero attached hydrogens (tertiary/aromatic N) is 2. The molecule has 0 atom stereocenters. The minimum absolute atomic E-state index is 0.161. The molecule has 2 heterocycles. The second-order valence-electron chi connectivity index (χ2n) is 6.52. The predicted octanol–water partition coefficient (Wildman–Crippen LogP) is 3.27. The quantitative estimate of drug-likeness (QED) is 0.519. The lowest BCUT2D eigenvalue weighted by Crippen LogP contribution is -2.30. The third-order valence-electron chi connectivity index (χ3n) is 4.59. The fourth-order valence-electron chi connectivity index (χ4n) is 3.16. The molecular formula is C22H17N3O4. The van der Waals surface area contributed by atoms with Crippen LogP contribution in [0.25, 0.3) is 11.8 Å². The Kier molecular flexibility index (Phi) is 4.70. The Hall–Kier alpha value is -4.13. The number of carboxylic acid groups (broad SMARTS) is 1. The maximum atomic E-state index is 12.7. The largest absolute Gasteiger partial charge is 0.478 e. The standard InChI is InChI=1S/C22H17N3O4/c26-20-19(23-22(29)25(20)14-15-6-2-1-3-7-15)13-18-10-5-11-24(18)17-9-4-8-16(12-17)21(27)28/h1-13H,14H2,(H,23,29)(H,27,28)/b19-13+. The molecule has 0 bridgehead atoms. The van der Waals surface area contributed by atoms with Gasteiger partial charge in [-0.3, -0.25) is 9.69 Å². The van der Waals surface area contributed by atoms with Crippen molar-refractivity contribution in [3.05, 3.63) is 95.4 Å². The number of nitrogens with one attached hydrogen (secondary N) is 1. The number of amides is 3. The Balaban J connectivity index is 1.62. The number of benzene rings is 2. The summed E-state index contributed by atoms with van der Waals surface area (Å²) in [6.07, 6.45) is 3.34. The van der Waals surface area contributed by atoms with Crippen LogP contribution >= 0.6 is 0 Å². The van der Waals surface area contributed by atoms with Gasteiger partial charge in [-0.1, -0.05) is 36.4 Å². The smallest absolute Gasteiger partial charge is 0.335 e. The number of aromatic nitrogens is 1. The van der Waals surface area contributed by atoms with Crippen LogP contribution in [0.3, 0.4) is 0 Å². The van der Waals surface area contributed by atoms with Crippen LogP contribution < -0.4 is 5.32 Å². The van der Waals surface area contributed by atoms with E-state index < -0.39 is 17.9 Å². The number of hydrogen-bond acceptors (Lipinski definition) is 3. The first-order valence-corrected chi connectivity index (χ1v) is 8.92. The number of rotatable bonds is 5. The third-order valence-corrected chi connectivity index (χ3v) is 4.59. The molecule has 1 saturated heterocycles. The van der Waals surface area contributed by atoms with E-state index in [1.54, 1.807) is 47.2 Å². The molecule has 1 fully saturated rings. The molecule has 1 aliphatic rings. The molecule has 0 radical (unpaired) electrons. The number of carboxylic acids is 1. The summed E-state index contributed by atoms with van der Waals surface area (Å²) in [6, 6.07) is 18.8. The van der Waals surface area contributed by atoms with Gasteiger partial charge in [0.2, 0.25) is 0 Å². The second kappa shape index (κ2) is 7.47. The number of hydrogen-bond donors (Lipinski definition) is 2. The first kappa shape index (κ1) is 18.2. The molecule has 7 nitrogen and oxygen atoms in total. The Morgan fingerprint density at radius 1 is 1.00 bits per heavy atom. The van der Waals surface area contributed by atoms with Gasteiger partial charge in [-0.05, 0) is 42.0 Å². The van der Waals surface area contributed by atoms with Crippen LogP contribution in [0.1, 0.15) is 21.6 Å².